The Hall–Kier alpha value is 0.100. The van der Waals surface area contributed by atoms with E-state index in [1.54, 1.807) is 0 Å². The van der Waals surface area contributed by atoms with Crippen molar-refractivity contribution in [2.75, 3.05) is 5.33 Å². The van der Waals surface area contributed by atoms with E-state index < -0.39 is 0 Å². The molecule has 0 spiro atoms. The summed E-state index contributed by atoms with van der Waals surface area (Å²) in [5.41, 5.74) is 0.831. The highest BCUT2D eigenvalue weighted by Gasteiger charge is 2.07. The summed E-state index contributed by atoms with van der Waals surface area (Å²) in [5.74, 6) is 0.205. The van der Waals surface area contributed by atoms with Crippen LogP contribution in [0.25, 0.3) is 0 Å². The molecule has 1 rings (SSSR count). The van der Waals surface area contributed by atoms with Crippen LogP contribution in [0.3, 0.4) is 0 Å². The van der Waals surface area contributed by atoms with Crippen LogP contribution in [0.4, 0.5) is 0 Å². The minimum absolute atomic E-state index is 0.205. The molecule has 0 unspecified atom stereocenters. The predicted octanol–water partition coefficient (Wildman–Crippen LogP) is 3.26. The average Bonchev–Trinajstić information content (AvgIpc) is 2.05. The molecule has 1 aromatic carbocycles. The van der Waals surface area contributed by atoms with Gasteiger partial charge >= 0.3 is 0 Å². The van der Waals surface area contributed by atoms with Gasteiger partial charge in [-0.2, -0.15) is 0 Å². The van der Waals surface area contributed by atoms with Gasteiger partial charge in [0.15, 0.2) is 5.78 Å². The molecule has 0 fully saturated rings. The number of ketones is 1. The number of alkyl halides is 1. The van der Waals surface area contributed by atoms with Gasteiger partial charge in [-0.25, -0.2) is 0 Å². The molecular formula is C9H8BrIO. The van der Waals surface area contributed by atoms with Crippen molar-refractivity contribution in [3.63, 3.8) is 0 Å². The van der Waals surface area contributed by atoms with Crippen LogP contribution in [-0.2, 0) is 0 Å². The first kappa shape index (κ1) is 10.2. The Morgan fingerprint density at radius 1 is 1.42 bits per heavy atom. The van der Waals surface area contributed by atoms with Crippen LogP contribution in [0.2, 0.25) is 0 Å². The first-order chi connectivity index (χ1) is 5.75. The van der Waals surface area contributed by atoms with Crippen molar-refractivity contribution in [2.45, 2.75) is 6.42 Å². The minimum Gasteiger partial charge on any atom is -0.294 e. The molecule has 64 valence electrons. The second-order valence-electron chi connectivity index (χ2n) is 2.34. The van der Waals surface area contributed by atoms with Gasteiger partial charge in [-0.1, -0.05) is 34.1 Å². The lowest BCUT2D eigenvalue weighted by molar-refractivity contribution is 0.0989. The van der Waals surface area contributed by atoms with Crippen molar-refractivity contribution >= 4 is 44.3 Å². The Morgan fingerprint density at radius 3 is 2.67 bits per heavy atom. The third-order valence-electron chi connectivity index (χ3n) is 1.50. The van der Waals surface area contributed by atoms with E-state index in [-0.39, 0.29) is 5.78 Å². The summed E-state index contributed by atoms with van der Waals surface area (Å²) in [4.78, 5) is 11.4. The van der Waals surface area contributed by atoms with E-state index in [1.165, 1.54) is 0 Å². The van der Waals surface area contributed by atoms with E-state index in [4.69, 9.17) is 0 Å². The second kappa shape index (κ2) is 4.97. The van der Waals surface area contributed by atoms with E-state index in [1.807, 2.05) is 24.3 Å². The number of carbonyl (C=O) groups excluding carboxylic acids is 1. The van der Waals surface area contributed by atoms with Gasteiger partial charge in [-0.3, -0.25) is 4.79 Å². The molecule has 1 aromatic rings. The molecule has 0 N–H and O–H groups in total. The molecule has 0 heterocycles. The molecule has 0 aliphatic rings. The molecule has 1 nitrogen and oxygen atoms in total. The van der Waals surface area contributed by atoms with E-state index in [0.29, 0.717) is 6.42 Å². The molecule has 0 atom stereocenters. The molecule has 0 saturated carbocycles. The lowest BCUT2D eigenvalue weighted by atomic mass is 10.1. The van der Waals surface area contributed by atoms with Crippen LogP contribution in [0.15, 0.2) is 24.3 Å². The Labute approximate surface area is 93.8 Å². The van der Waals surface area contributed by atoms with E-state index in [2.05, 4.69) is 38.5 Å². The number of halogens is 2. The lowest BCUT2D eigenvalue weighted by Gasteiger charge is -2.00. The molecule has 0 radical (unpaired) electrons. The predicted molar refractivity (Wildman–Crippen MR) is 61.9 cm³/mol. The molecule has 0 aromatic heterocycles. The number of hydrogen-bond donors (Lipinski definition) is 0. The minimum atomic E-state index is 0.205. The van der Waals surface area contributed by atoms with E-state index in [0.717, 1.165) is 14.5 Å². The van der Waals surface area contributed by atoms with E-state index >= 15 is 0 Å². The number of hydrogen-bond acceptors (Lipinski definition) is 1. The number of rotatable bonds is 3. The van der Waals surface area contributed by atoms with Gasteiger partial charge in [0.05, 0.1) is 0 Å². The maximum Gasteiger partial charge on any atom is 0.164 e. The quantitative estimate of drug-likeness (QED) is 0.469. The molecule has 12 heavy (non-hydrogen) atoms. The fourth-order valence-corrected chi connectivity index (χ4v) is 1.96. The Bertz CT molecular complexity index is 286. The zero-order chi connectivity index (χ0) is 8.97. The topological polar surface area (TPSA) is 17.1 Å². The van der Waals surface area contributed by atoms with Crippen molar-refractivity contribution in [1.82, 2.24) is 0 Å². The first-order valence-electron chi connectivity index (χ1n) is 3.59. The molecule has 0 amide bonds. The number of Topliss-reactive ketones (excluding diaryl/α,β-unsaturated/α-hetero) is 1. The van der Waals surface area contributed by atoms with Crippen LogP contribution < -0.4 is 0 Å². The molecule has 3 heteroatoms. The van der Waals surface area contributed by atoms with Crippen LogP contribution in [0.1, 0.15) is 16.8 Å². The van der Waals surface area contributed by atoms with Crippen LogP contribution in [0.5, 0.6) is 0 Å². The van der Waals surface area contributed by atoms with Crippen molar-refractivity contribution < 1.29 is 4.79 Å². The first-order valence-corrected chi connectivity index (χ1v) is 5.79. The molecule has 0 aliphatic heterocycles. The molecular weight excluding hydrogens is 331 g/mol. The van der Waals surface area contributed by atoms with Crippen molar-refractivity contribution in [2.24, 2.45) is 0 Å². The van der Waals surface area contributed by atoms with Gasteiger partial charge in [0, 0.05) is 20.9 Å². The normalized spacial score (nSPS) is 9.83. The third-order valence-corrected chi connectivity index (χ3v) is 2.83. The largest absolute Gasteiger partial charge is 0.294 e. The summed E-state index contributed by atoms with van der Waals surface area (Å²) >= 11 is 5.43. The van der Waals surface area contributed by atoms with Gasteiger partial charge in [0.1, 0.15) is 0 Å². The van der Waals surface area contributed by atoms with Crippen LogP contribution in [0, 0.1) is 3.57 Å². The fourth-order valence-electron chi connectivity index (χ4n) is 0.908. The average molecular weight is 339 g/mol. The Balaban J connectivity index is 2.87. The van der Waals surface area contributed by atoms with Crippen molar-refractivity contribution in [3.05, 3.63) is 33.4 Å². The fraction of sp³-hybridized carbons (Fsp3) is 0.222. The Morgan fingerprint density at radius 2 is 2.08 bits per heavy atom. The van der Waals surface area contributed by atoms with Gasteiger partial charge < -0.3 is 0 Å². The summed E-state index contributed by atoms with van der Waals surface area (Å²) in [6.45, 7) is 0. The van der Waals surface area contributed by atoms with Gasteiger partial charge in [0.25, 0.3) is 0 Å². The lowest BCUT2D eigenvalue weighted by Crippen LogP contribution is -2.01. The summed E-state index contributed by atoms with van der Waals surface area (Å²) in [5, 5.41) is 0.733. The van der Waals surface area contributed by atoms with Gasteiger partial charge in [-0.05, 0) is 28.7 Å². The maximum atomic E-state index is 11.4. The highest BCUT2D eigenvalue weighted by atomic mass is 127. The molecule has 0 aliphatic carbocycles. The summed E-state index contributed by atoms with van der Waals surface area (Å²) in [6, 6.07) is 7.64. The number of benzene rings is 1. The number of carbonyl (C=O) groups is 1. The van der Waals surface area contributed by atoms with E-state index in [9.17, 15) is 4.79 Å². The standard InChI is InChI=1S/C9H8BrIO/c10-6-5-9(12)7-3-1-2-4-8(7)11/h1-4H,5-6H2. The van der Waals surface area contributed by atoms with Gasteiger partial charge in [0.2, 0.25) is 0 Å². The highest BCUT2D eigenvalue weighted by Crippen LogP contribution is 2.13. The van der Waals surface area contributed by atoms with Crippen LogP contribution in [-0.4, -0.2) is 11.1 Å². The van der Waals surface area contributed by atoms with Crippen LogP contribution >= 0.6 is 38.5 Å². The van der Waals surface area contributed by atoms with Crippen molar-refractivity contribution in [3.8, 4) is 0 Å². The summed E-state index contributed by atoms with van der Waals surface area (Å²) in [6.07, 6.45) is 0.569. The zero-order valence-electron chi connectivity index (χ0n) is 6.39. The zero-order valence-corrected chi connectivity index (χ0v) is 10.1. The Kier molecular flexibility index (Phi) is 4.21. The highest BCUT2D eigenvalue weighted by molar-refractivity contribution is 14.1. The summed E-state index contributed by atoms with van der Waals surface area (Å²) < 4.78 is 1.03. The SMILES string of the molecule is O=C(CCBr)c1ccccc1I. The smallest absolute Gasteiger partial charge is 0.164 e. The van der Waals surface area contributed by atoms with Gasteiger partial charge in [-0.15, -0.1) is 0 Å². The van der Waals surface area contributed by atoms with Crippen molar-refractivity contribution in [1.29, 1.82) is 0 Å². The summed E-state index contributed by atoms with van der Waals surface area (Å²) in [7, 11) is 0. The maximum absolute atomic E-state index is 11.4. The second-order valence-corrected chi connectivity index (χ2v) is 4.30. The molecule has 0 bridgehead atoms. The third kappa shape index (κ3) is 2.55. The monoisotopic (exact) mass is 338 g/mol. The molecule has 0 saturated heterocycles.